The van der Waals surface area contributed by atoms with Crippen LogP contribution in [0.4, 0.5) is 11.4 Å². The number of aromatic nitrogens is 2. The molecule has 0 aliphatic rings. The molecule has 0 saturated carbocycles. The van der Waals surface area contributed by atoms with Crippen molar-refractivity contribution in [3.63, 3.8) is 0 Å². The van der Waals surface area contributed by atoms with Crippen molar-refractivity contribution < 1.29 is 9.72 Å². The highest BCUT2D eigenvalue weighted by atomic mass is 35.5. The number of nitrogens with one attached hydrogen (secondary N) is 1. The molecule has 0 aliphatic heterocycles. The molecule has 1 amide bonds. The minimum Gasteiger partial charge on any atom is -0.315 e. The van der Waals surface area contributed by atoms with Gasteiger partial charge < -0.3 is 5.32 Å². The summed E-state index contributed by atoms with van der Waals surface area (Å²) in [5.41, 5.74) is 0.673. The van der Waals surface area contributed by atoms with Gasteiger partial charge in [-0.3, -0.25) is 19.6 Å². The van der Waals surface area contributed by atoms with Crippen LogP contribution >= 0.6 is 11.6 Å². The molecule has 7 nitrogen and oxygen atoms in total. The highest BCUT2D eigenvalue weighted by molar-refractivity contribution is 6.34. The summed E-state index contributed by atoms with van der Waals surface area (Å²) in [4.78, 5) is 22.4. The third-order valence-electron chi connectivity index (χ3n) is 2.60. The number of anilines is 1. The number of benzene rings is 1. The van der Waals surface area contributed by atoms with Crippen LogP contribution in [-0.4, -0.2) is 20.6 Å². The Bertz CT molecular complexity index is 696. The maximum Gasteiger partial charge on any atom is 0.293 e. The highest BCUT2D eigenvalue weighted by Gasteiger charge is 2.20. The lowest BCUT2D eigenvalue weighted by Crippen LogP contribution is -2.14. The minimum absolute atomic E-state index is 0.0176. The van der Waals surface area contributed by atoms with Crippen LogP contribution in [-0.2, 0) is 7.05 Å². The number of halogens is 1. The molecule has 1 aromatic heterocycles. The lowest BCUT2D eigenvalue weighted by molar-refractivity contribution is -0.384. The summed E-state index contributed by atoms with van der Waals surface area (Å²) in [7, 11) is 1.62. The fourth-order valence-electron chi connectivity index (χ4n) is 1.69. The summed E-state index contributed by atoms with van der Waals surface area (Å²) in [5, 5.41) is 17.5. The average Bonchev–Trinajstić information content (AvgIpc) is 2.70. The zero-order valence-corrected chi connectivity index (χ0v) is 11.5. The van der Waals surface area contributed by atoms with Crippen molar-refractivity contribution in [2.24, 2.45) is 7.05 Å². The second-order valence-corrected chi connectivity index (χ2v) is 4.64. The Kier molecular flexibility index (Phi) is 3.71. The first-order valence-electron chi connectivity index (χ1n) is 5.64. The molecule has 0 saturated heterocycles. The molecule has 104 valence electrons. The van der Waals surface area contributed by atoms with Crippen molar-refractivity contribution in [1.82, 2.24) is 9.78 Å². The summed E-state index contributed by atoms with van der Waals surface area (Å²) < 4.78 is 1.39. The molecule has 2 rings (SSSR count). The molecule has 0 fully saturated rings. The number of aryl methyl sites for hydroxylation is 2. The van der Waals surface area contributed by atoms with Gasteiger partial charge >= 0.3 is 0 Å². The van der Waals surface area contributed by atoms with Crippen molar-refractivity contribution >= 4 is 28.9 Å². The molecule has 0 unspecified atom stereocenters. The zero-order valence-electron chi connectivity index (χ0n) is 10.8. The molecule has 0 radical (unpaired) electrons. The van der Waals surface area contributed by atoms with Crippen LogP contribution in [0.3, 0.4) is 0 Å². The molecule has 0 spiro atoms. The Balaban J connectivity index is 2.33. The molecule has 8 heteroatoms. The van der Waals surface area contributed by atoms with E-state index in [2.05, 4.69) is 10.4 Å². The number of carbonyl (C=O) groups is 1. The molecule has 1 heterocycles. The summed E-state index contributed by atoms with van der Waals surface area (Å²) in [5.74, 6) is -0.595. The van der Waals surface area contributed by atoms with Gasteiger partial charge in [-0.2, -0.15) is 5.10 Å². The maximum absolute atomic E-state index is 12.0. The molecule has 1 aromatic carbocycles. The van der Waals surface area contributed by atoms with Crippen molar-refractivity contribution in [2.75, 3.05) is 5.32 Å². The lowest BCUT2D eigenvalue weighted by atomic mass is 10.2. The topological polar surface area (TPSA) is 90.1 Å². The minimum atomic E-state index is -0.595. The average molecular weight is 295 g/mol. The summed E-state index contributed by atoms with van der Waals surface area (Å²) in [6, 6.07) is 4.53. The predicted octanol–water partition coefficient (Wildman–Crippen LogP) is 2.54. The fraction of sp³-hybridized carbons (Fsp3) is 0.167. The largest absolute Gasteiger partial charge is 0.315 e. The quantitative estimate of drug-likeness (QED) is 0.695. The summed E-state index contributed by atoms with van der Waals surface area (Å²) in [6.45, 7) is 1.73. The highest BCUT2D eigenvalue weighted by Crippen LogP contribution is 2.26. The van der Waals surface area contributed by atoms with E-state index in [1.165, 1.54) is 23.0 Å². The van der Waals surface area contributed by atoms with Gasteiger partial charge in [0.2, 0.25) is 0 Å². The monoisotopic (exact) mass is 294 g/mol. The van der Waals surface area contributed by atoms with Crippen LogP contribution in [0.15, 0.2) is 24.4 Å². The Morgan fingerprint density at radius 3 is 2.75 bits per heavy atom. The van der Waals surface area contributed by atoms with E-state index in [1.807, 2.05) is 0 Å². The first-order valence-corrected chi connectivity index (χ1v) is 6.02. The molecule has 0 aliphatic carbocycles. The van der Waals surface area contributed by atoms with Crippen LogP contribution in [0.1, 0.15) is 16.1 Å². The van der Waals surface area contributed by atoms with Crippen LogP contribution in [0.2, 0.25) is 5.02 Å². The maximum atomic E-state index is 12.0. The number of nitrogens with zero attached hydrogens (tertiary/aromatic N) is 3. The zero-order chi connectivity index (χ0) is 14.9. The smallest absolute Gasteiger partial charge is 0.293 e. The third kappa shape index (κ3) is 2.77. The summed E-state index contributed by atoms with van der Waals surface area (Å²) >= 11 is 5.86. The van der Waals surface area contributed by atoms with E-state index in [9.17, 15) is 14.9 Å². The first-order chi connectivity index (χ1) is 9.38. The number of hydrogen-bond donors (Lipinski definition) is 1. The van der Waals surface area contributed by atoms with Crippen LogP contribution in [0.25, 0.3) is 0 Å². The van der Waals surface area contributed by atoms with Crippen LogP contribution < -0.4 is 5.32 Å². The molecular formula is C12H11ClN4O3. The number of hydrogen-bond acceptors (Lipinski definition) is 4. The Labute approximate surface area is 119 Å². The first kappa shape index (κ1) is 14.0. The summed E-state index contributed by atoms with van der Waals surface area (Å²) in [6.07, 6.45) is 1.47. The normalized spacial score (nSPS) is 10.3. The Morgan fingerprint density at radius 1 is 1.50 bits per heavy atom. The van der Waals surface area contributed by atoms with E-state index in [0.29, 0.717) is 0 Å². The van der Waals surface area contributed by atoms with Crippen molar-refractivity contribution in [3.8, 4) is 0 Å². The molecular weight excluding hydrogens is 284 g/mol. The van der Waals surface area contributed by atoms with Crippen LogP contribution in [0, 0.1) is 17.0 Å². The number of amides is 1. The van der Waals surface area contributed by atoms with Crippen molar-refractivity contribution in [3.05, 3.63) is 50.8 Å². The van der Waals surface area contributed by atoms with Crippen molar-refractivity contribution in [2.45, 2.75) is 6.92 Å². The number of carbonyl (C=O) groups excluding carboxylic acids is 1. The van der Waals surface area contributed by atoms with Crippen molar-refractivity contribution in [1.29, 1.82) is 0 Å². The second-order valence-electron chi connectivity index (χ2n) is 4.23. The third-order valence-corrected chi connectivity index (χ3v) is 2.87. The van der Waals surface area contributed by atoms with E-state index < -0.39 is 10.8 Å². The van der Waals surface area contributed by atoms with Gasteiger partial charge in [-0.25, -0.2) is 0 Å². The van der Waals surface area contributed by atoms with Gasteiger partial charge in [0.1, 0.15) is 5.69 Å². The van der Waals surface area contributed by atoms with Gasteiger partial charge in [0.15, 0.2) is 5.69 Å². The number of rotatable bonds is 3. The molecule has 20 heavy (non-hydrogen) atoms. The van der Waals surface area contributed by atoms with E-state index in [4.69, 9.17) is 11.6 Å². The van der Waals surface area contributed by atoms with Crippen LogP contribution in [0.5, 0.6) is 0 Å². The molecule has 1 N–H and O–H groups in total. The van der Waals surface area contributed by atoms with E-state index >= 15 is 0 Å². The number of nitro groups is 1. The Hall–Kier alpha value is -2.41. The predicted molar refractivity (Wildman–Crippen MR) is 74.0 cm³/mol. The van der Waals surface area contributed by atoms with Gasteiger partial charge in [0, 0.05) is 19.3 Å². The van der Waals surface area contributed by atoms with Gasteiger partial charge in [-0.1, -0.05) is 17.7 Å². The number of nitro benzene ring substituents is 1. The Morgan fingerprint density at radius 2 is 2.20 bits per heavy atom. The van der Waals surface area contributed by atoms with E-state index in [1.54, 1.807) is 20.0 Å². The SMILES string of the molecule is Cc1ccc(NC(=O)c2nn(C)cc2Cl)c([N+](=O)[O-])c1. The van der Waals surface area contributed by atoms with Gasteiger partial charge in [-0.15, -0.1) is 0 Å². The standard InChI is InChI=1S/C12H11ClN4O3/c1-7-3-4-9(10(5-7)17(19)20)14-12(18)11-8(13)6-16(2)15-11/h3-6H,1-2H3,(H,14,18). The fourth-order valence-corrected chi connectivity index (χ4v) is 1.96. The molecule has 2 aromatic rings. The van der Waals surface area contributed by atoms with Gasteiger partial charge in [0.25, 0.3) is 11.6 Å². The molecule has 0 atom stereocenters. The molecule has 0 bridgehead atoms. The van der Waals surface area contributed by atoms with Gasteiger partial charge in [0.05, 0.1) is 9.95 Å². The van der Waals surface area contributed by atoms with E-state index in [0.717, 1.165) is 5.56 Å². The second kappa shape index (κ2) is 5.30. The lowest BCUT2D eigenvalue weighted by Gasteiger charge is -2.05. The van der Waals surface area contributed by atoms with E-state index in [-0.39, 0.29) is 22.1 Å². The van der Waals surface area contributed by atoms with Gasteiger partial charge in [-0.05, 0) is 18.6 Å².